The van der Waals surface area contributed by atoms with E-state index < -0.39 is 6.04 Å². The number of carbonyl (C=O) groups is 3. The van der Waals surface area contributed by atoms with Gasteiger partial charge in [-0.1, -0.05) is 12.1 Å². The second-order valence-electron chi connectivity index (χ2n) is 9.68. The molecule has 4 aliphatic rings. The third kappa shape index (κ3) is 3.42. The van der Waals surface area contributed by atoms with Gasteiger partial charge in [-0.25, -0.2) is 0 Å². The average Bonchev–Trinajstić information content (AvgIpc) is 2.95. The molecular formula is C22H28N4O4. The van der Waals surface area contributed by atoms with Crippen LogP contribution in [0, 0.1) is 0 Å². The summed E-state index contributed by atoms with van der Waals surface area (Å²) in [5.41, 5.74) is 2.37. The average molecular weight is 412 g/mol. The second kappa shape index (κ2) is 6.87. The van der Waals surface area contributed by atoms with E-state index in [2.05, 4.69) is 35.4 Å². The molecule has 8 heteroatoms. The van der Waals surface area contributed by atoms with E-state index in [1.165, 1.54) is 0 Å². The minimum Gasteiger partial charge on any atom is -0.364 e. The Morgan fingerprint density at radius 3 is 2.67 bits per heavy atom. The number of piperidine rings is 1. The number of imide groups is 1. The van der Waals surface area contributed by atoms with Gasteiger partial charge in [0.05, 0.1) is 5.60 Å². The van der Waals surface area contributed by atoms with Crippen LogP contribution in [0.5, 0.6) is 0 Å². The molecule has 5 rings (SSSR count). The predicted octanol–water partition coefficient (Wildman–Crippen LogP) is 0.400. The summed E-state index contributed by atoms with van der Waals surface area (Å²) in [4.78, 5) is 40.7. The summed E-state index contributed by atoms with van der Waals surface area (Å²) in [7, 11) is 0. The summed E-state index contributed by atoms with van der Waals surface area (Å²) >= 11 is 0. The van der Waals surface area contributed by atoms with Crippen LogP contribution in [0.15, 0.2) is 18.2 Å². The van der Waals surface area contributed by atoms with Crippen molar-refractivity contribution >= 4 is 17.7 Å². The Morgan fingerprint density at radius 1 is 1.17 bits per heavy atom. The lowest BCUT2D eigenvalue weighted by atomic mass is 9.90. The van der Waals surface area contributed by atoms with E-state index in [-0.39, 0.29) is 35.3 Å². The number of morpholine rings is 1. The summed E-state index contributed by atoms with van der Waals surface area (Å²) < 4.78 is 6.33. The lowest BCUT2D eigenvalue weighted by molar-refractivity contribution is -0.216. The van der Waals surface area contributed by atoms with E-state index in [0.29, 0.717) is 18.5 Å². The first kappa shape index (κ1) is 19.7. The molecule has 160 valence electrons. The maximum absolute atomic E-state index is 13.0. The Bertz CT molecular complexity index is 924. The van der Waals surface area contributed by atoms with Crippen molar-refractivity contribution in [3.05, 3.63) is 34.9 Å². The van der Waals surface area contributed by atoms with Crippen LogP contribution in [0.2, 0.25) is 0 Å². The third-order valence-corrected chi connectivity index (χ3v) is 6.50. The van der Waals surface area contributed by atoms with Gasteiger partial charge in [-0.2, -0.15) is 0 Å². The van der Waals surface area contributed by atoms with Gasteiger partial charge in [-0.15, -0.1) is 0 Å². The Morgan fingerprint density at radius 2 is 1.97 bits per heavy atom. The van der Waals surface area contributed by atoms with Gasteiger partial charge in [-0.05, 0) is 37.5 Å². The zero-order valence-corrected chi connectivity index (χ0v) is 17.5. The van der Waals surface area contributed by atoms with E-state index in [4.69, 9.17) is 4.74 Å². The Kier molecular flexibility index (Phi) is 4.50. The predicted molar refractivity (Wildman–Crippen MR) is 109 cm³/mol. The standard InChI is InChI=1S/C22H28N4O4/c1-21(2)12-25(13-22(30-21)10-23-11-22)8-14-3-4-15-9-26(20(29)16(15)7-14)17-5-6-18(27)24-19(17)28/h3-4,7,17,23H,5-6,8-13H2,1-2H3,(H,24,27,28). The Balaban J connectivity index is 1.31. The van der Waals surface area contributed by atoms with Crippen molar-refractivity contribution in [3.63, 3.8) is 0 Å². The molecule has 8 nitrogen and oxygen atoms in total. The smallest absolute Gasteiger partial charge is 0.255 e. The van der Waals surface area contributed by atoms with E-state index in [1.54, 1.807) is 4.90 Å². The van der Waals surface area contributed by atoms with Crippen molar-refractivity contribution in [2.45, 2.75) is 57.0 Å². The summed E-state index contributed by atoms with van der Waals surface area (Å²) in [5, 5.41) is 5.67. The van der Waals surface area contributed by atoms with Crippen molar-refractivity contribution in [2.75, 3.05) is 26.2 Å². The molecule has 2 N–H and O–H groups in total. The number of hydrogen-bond donors (Lipinski definition) is 2. The van der Waals surface area contributed by atoms with Crippen LogP contribution in [0.4, 0.5) is 0 Å². The highest BCUT2D eigenvalue weighted by Gasteiger charge is 2.48. The molecule has 0 aromatic heterocycles. The minimum absolute atomic E-state index is 0.114. The van der Waals surface area contributed by atoms with Crippen molar-refractivity contribution in [1.29, 1.82) is 0 Å². The highest BCUT2D eigenvalue weighted by atomic mass is 16.5. The maximum atomic E-state index is 13.0. The summed E-state index contributed by atoms with van der Waals surface area (Å²) in [6.45, 7) is 8.88. The van der Waals surface area contributed by atoms with Crippen LogP contribution in [0.25, 0.3) is 0 Å². The van der Waals surface area contributed by atoms with Gasteiger partial charge in [0.15, 0.2) is 0 Å². The first-order valence-corrected chi connectivity index (χ1v) is 10.6. The molecule has 0 aliphatic carbocycles. The quantitative estimate of drug-likeness (QED) is 0.699. The number of carbonyl (C=O) groups excluding carboxylic acids is 3. The number of fused-ring (bicyclic) bond motifs is 1. The number of nitrogens with one attached hydrogen (secondary N) is 2. The minimum atomic E-state index is -0.572. The van der Waals surface area contributed by atoms with Gasteiger partial charge in [0, 0.05) is 51.3 Å². The number of hydrogen-bond acceptors (Lipinski definition) is 6. The van der Waals surface area contributed by atoms with Crippen LogP contribution < -0.4 is 10.6 Å². The fourth-order valence-electron chi connectivity index (χ4n) is 5.31. The molecule has 1 atom stereocenters. The molecule has 1 spiro atoms. The molecule has 3 saturated heterocycles. The zero-order valence-electron chi connectivity index (χ0n) is 17.5. The topological polar surface area (TPSA) is 91.0 Å². The van der Waals surface area contributed by atoms with Crippen molar-refractivity contribution in [3.8, 4) is 0 Å². The van der Waals surface area contributed by atoms with Gasteiger partial charge in [0.1, 0.15) is 11.6 Å². The van der Waals surface area contributed by atoms with E-state index >= 15 is 0 Å². The fourth-order valence-corrected chi connectivity index (χ4v) is 5.31. The molecule has 30 heavy (non-hydrogen) atoms. The largest absolute Gasteiger partial charge is 0.364 e. The van der Waals surface area contributed by atoms with Crippen molar-refractivity contribution < 1.29 is 19.1 Å². The van der Waals surface area contributed by atoms with Gasteiger partial charge in [-0.3, -0.25) is 24.6 Å². The van der Waals surface area contributed by atoms with E-state index in [0.717, 1.165) is 43.9 Å². The summed E-state index contributed by atoms with van der Waals surface area (Å²) in [5.74, 6) is -0.763. The molecule has 1 aromatic rings. The number of amides is 3. The van der Waals surface area contributed by atoms with E-state index in [1.807, 2.05) is 12.1 Å². The molecule has 1 aromatic carbocycles. The fraction of sp³-hybridized carbons (Fsp3) is 0.591. The molecule has 1 unspecified atom stereocenters. The lowest BCUT2D eigenvalue weighted by Crippen LogP contribution is -2.72. The first-order valence-electron chi connectivity index (χ1n) is 10.6. The number of rotatable bonds is 3. The monoisotopic (exact) mass is 412 g/mol. The van der Waals surface area contributed by atoms with Crippen LogP contribution in [0.3, 0.4) is 0 Å². The van der Waals surface area contributed by atoms with Crippen LogP contribution in [0.1, 0.15) is 48.2 Å². The second-order valence-corrected chi connectivity index (χ2v) is 9.68. The molecule has 3 amide bonds. The molecular weight excluding hydrogens is 384 g/mol. The number of benzene rings is 1. The van der Waals surface area contributed by atoms with Crippen LogP contribution in [-0.4, -0.2) is 70.9 Å². The van der Waals surface area contributed by atoms with E-state index in [9.17, 15) is 14.4 Å². The molecule has 0 bridgehead atoms. The normalized spacial score (nSPS) is 27.7. The van der Waals surface area contributed by atoms with Gasteiger partial charge in [0.25, 0.3) is 5.91 Å². The highest BCUT2D eigenvalue weighted by Crippen LogP contribution is 2.33. The van der Waals surface area contributed by atoms with Gasteiger partial charge < -0.3 is 15.0 Å². The Labute approximate surface area is 175 Å². The highest BCUT2D eigenvalue weighted by molar-refractivity contribution is 6.05. The van der Waals surface area contributed by atoms with Gasteiger partial charge in [0.2, 0.25) is 11.8 Å². The summed E-state index contributed by atoms with van der Waals surface area (Å²) in [6.07, 6.45) is 0.654. The molecule has 0 radical (unpaired) electrons. The summed E-state index contributed by atoms with van der Waals surface area (Å²) in [6, 6.07) is 5.48. The number of nitrogens with zero attached hydrogens (tertiary/aromatic N) is 2. The maximum Gasteiger partial charge on any atom is 0.255 e. The molecule has 4 aliphatic heterocycles. The molecule has 3 fully saturated rings. The van der Waals surface area contributed by atoms with Crippen LogP contribution >= 0.6 is 0 Å². The van der Waals surface area contributed by atoms with Crippen molar-refractivity contribution in [1.82, 2.24) is 20.4 Å². The molecule has 4 heterocycles. The lowest BCUT2D eigenvalue weighted by Gasteiger charge is -2.54. The SMILES string of the molecule is CC1(C)CN(Cc2ccc3c(c2)C(=O)N(C2CCC(=O)NC2=O)C3)CC2(CNC2)O1. The van der Waals surface area contributed by atoms with Crippen LogP contribution in [-0.2, 0) is 27.4 Å². The Hall–Kier alpha value is -2.29. The van der Waals surface area contributed by atoms with Crippen molar-refractivity contribution in [2.24, 2.45) is 0 Å². The zero-order chi connectivity index (χ0) is 21.1. The van der Waals surface area contributed by atoms with Gasteiger partial charge >= 0.3 is 0 Å². The number of ether oxygens (including phenoxy) is 1. The first-order chi connectivity index (χ1) is 14.2. The third-order valence-electron chi connectivity index (χ3n) is 6.50. The molecule has 0 saturated carbocycles.